The number of nitrogens with one attached hydrogen (secondary N) is 1. The second kappa shape index (κ2) is 6.00. The van der Waals surface area contributed by atoms with Crippen LogP contribution in [0.5, 0.6) is 11.5 Å². The molecule has 1 aromatic carbocycles. The highest BCUT2D eigenvalue weighted by Gasteiger charge is 2.16. The van der Waals surface area contributed by atoms with Gasteiger partial charge in [0.05, 0.1) is 6.04 Å². The van der Waals surface area contributed by atoms with Gasteiger partial charge in [0.15, 0.2) is 17.3 Å². The Morgan fingerprint density at radius 3 is 3.00 bits per heavy atom. The maximum atomic E-state index is 12.1. The Morgan fingerprint density at radius 1 is 1.36 bits per heavy atom. The molecule has 1 aliphatic heterocycles. The van der Waals surface area contributed by atoms with Crippen molar-refractivity contribution in [1.29, 1.82) is 0 Å². The van der Waals surface area contributed by atoms with Gasteiger partial charge in [0.2, 0.25) is 6.79 Å². The molecule has 0 atom stereocenters. The Bertz CT molecular complexity index is 683. The predicted octanol–water partition coefficient (Wildman–Crippen LogP) is 0.955. The van der Waals surface area contributed by atoms with Crippen molar-refractivity contribution in [1.82, 2.24) is 25.5 Å². The van der Waals surface area contributed by atoms with E-state index in [1.165, 1.54) is 0 Å². The minimum atomic E-state index is -0.165. The van der Waals surface area contributed by atoms with Crippen molar-refractivity contribution >= 4 is 5.91 Å². The van der Waals surface area contributed by atoms with E-state index >= 15 is 0 Å². The van der Waals surface area contributed by atoms with Crippen molar-refractivity contribution in [3.05, 3.63) is 29.6 Å². The number of benzene rings is 1. The number of ether oxygens (including phenoxy) is 2. The number of aromatic nitrogens is 4. The van der Waals surface area contributed by atoms with Crippen molar-refractivity contribution in [2.45, 2.75) is 26.3 Å². The number of amides is 1. The molecule has 2 heterocycles. The Kier molecular flexibility index (Phi) is 3.90. The summed E-state index contributed by atoms with van der Waals surface area (Å²) in [4.78, 5) is 12.1. The highest BCUT2D eigenvalue weighted by molar-refractivity contribution is 5.94. The van der Waals surface area contributed by atoms with Crippen LogP contribution in [0, 0.1) is 0 Å². The number of rotatable bonds is 5. The minimum Gasteiger partial charge on any atom is -0.454 e. The van der Waals surface area contributed by atoms with Crippen LogP contribution in [-0.4, -0.2) is 39.5 Å². The van der Waals surface area contributed by atoms with Gasteiger partial charge in [-0.2, -0.15) is 0 Å². The number of carbonyl (C=O) groups excluding carboxylic acids is 1. The van der Waals surface area contributed by atoms with Gasteiger partial charge in [-0.3, -0.25) is 4.79 Å². The molecule has 0 spiro atoms. The van der Waals surface area contributed by atoms with Crippen LogP contribution < -0.4 is 14.8 Å². The average Bonchev–Trinajstić information content (AvgIpc) is 3.14. The van der Waals surface area contributed by atoms with Crippen molar-refractivity contribution in [3.8, 4) is 11.5 Å². The first-order valence-electron chi connectivity index (χ1n) is 7.09. The molecule has 0 saturated heterocycles. The summed E-state index contributed by atoms with van der Waals surface area (Å²) in [6.45, 7) is 4.66. The third-order valence-electron chi connectivity index (χ3n) is 3.32. The number of hydrogen-bond acceptors (Lipinski definition) is 6. The fourth-order valence-electron chi connectivity index (χ4n) is 2.21. The zero-order valence-electron chi connectivity index (χ0n) is 12.4. The Labute approximate surface area is 127 Å². The molecule has 0 aliphatic carbocycles. The molecule has 0 fully saturated rings. The quantitative estimate of drug-likeness (QED) is 0.884. The van der Waals surface area contributed by atoms with Gasteiger partial charge in [0, 0.05) is 18.5 Å². The summed E-state index contributed by atoms with van der Waals surface area (Å²) >= 11 is 0. The molecule has 0 unspecified atom stereocenters. The van der Waals surface area contributed by atoms with Gasteiger partial charge in [0.1, 0.15) is 0 Å². The van der Waals surface area contributed by atoms with Crippen molar-refractivity contribution < 1.29 is 14.3 Å². The first-order valence-corrected chi connectivity index (χ1v) is 7.09. The van der Waals surface area contributed by atoms with E-state index in [0.29, 0.717) is 30.0 Å². The van der Waals surface area contributed by atoms with E-state index in [1.54, 1.807) is 22.9 Å². The van der Waals surface area contributed by atoms with Gasteiger partial charge < -0.3 is 14.8 Å². The van der Waals surface area contributed by atoms with Crippen molar-refractivity contribution in [3.63, 3.8) is 0 Å². The zero-order chi connectivity index (χ0) is 15.5. The maximum Gasteiger partial charge on any atom is 0.251 e. The fourth-order valence-corrected chi connectivity index (χ4v) is 2.21. The number of hydrogen-bond donors (Lipinski definition) is 1. The van der Waals surface area contributed by atoms with Gasteiger partial charge >= 0.3 is 0 Å². The van der Waals surface area contributed by atoms with Gasteiger partial charge in [-0.25, -0.2) is 4.68 Å². The second-order valence-corrected chi connectivity index (χ2v) is 5.21. The van der Waals surface area contributed by atoms with E-state index in [2.05, 4.69) is 20.8 Å². The normalized spacial score (nSPS) is 12.7. The average molecular weight is 303 g/mol. The van der Waals surface area contributed by atoms with Crippen LogP contribution in [0.3, 0.4) is 0 Å². The van der Waals surface area contributed by atoms with E-state index in [0.717, 1.165) is 5.82 Å². The van der Waals surface area contributed by atoms with E-state index in [4.69, 9.17) is 9.47 Å². The third-order valence-corrected chi connectivity index (χ3v) is 3.32. The van der Waals surface area contributed by atoms with Gasteiger partial charge in [-0.1, -0.05) is 0 Å². The summed E-state index contributed by atoms with van der Waals surface area (Å²) < 4.78 is 12.2. The molecule has 22 heavy (non-hydrogen) atoms. The van der Waals surface area contributed by atoms with E-state index in [9.17, 15) is 4.79 Å². The summed E-state index contributed by atoms with van der Waals surface area (Å²) in [5.41, 5.74) is 0.535. The van der Waals surface area contributed by atoms with Crippen molar-refractivity contribution in [2.75, 3.05) is 13.3 Å². The lowest BCUT2D eigenvalue weighted by atomic mass is 10.2. The Morgan fingerprint density at radius 2 is 2.18 bits per heavy atom. The first kappa shape index (κ1) is 14.3. The summed E-state index contributed by atoms with van der Waals surface area (Å²) in [7, 11) is 0. The molecule has 8 nitrogen and oxygen atoms in total. The van der Waals surface area contributed by atoms with Crippen molar-refractivity contribution in [2.24, 2.45) is 0 Å². The number of fused-ring (bicyclic) bond motifs is 1. The first-order chi connectivity index (χ1) is 10.6. The highest BCUT2D eigenvalue weighted by atomic mass is 16.7. The molecule has 1 aromatic heterocycles. The molecule has 0 saturated carbocycles. The van der Waals surface area contributed by atoms with E-state index < -0.39 is 0 Å². The van der Waals surface area contributed by atoms with Crippen LogP contribution in [0.4, 0.5) is 0 Å². The molecular weight excluding hydrogens is 286 g/mol. The van der Waals surface area contributed by atoms with Crippen LogP contribution in [0.2, 0.25) is 0 Å². The lowest BCUT2D eigenvalue weighted by molar-refractivity contribution is 0.0953. The van der Waals surface area contributed by atoms with Crippen LogP contribution in [0.25, 0.3) is 0 Å². The molecule has 1 amide bonds. The SMILES string of the molecule is CC(C)n1nnnc1CCNC(=O)c1ccc2c(c1)OCO2. The monoisotopic (exact) mass is 303 g/mol. The van der Waals surface area contributed by atoms with Gasteiger partial charge in [-0.05, 0) is 42.5 Å². The molecule has 8 heteroatoms. The van der Waals surface area contributed by atoms with Gasteiger partial charge in [-0.15, -0.1) is 5.10 Å². The molecule has 0 radical (unpaired) electrons. The van der Waals surface area contributed by atoms with E-state index in [-0.39, 0.29) is 18.7 Å². The minimum absolute atomic E-state index is 0.165. The van der Waals surface area contributed by atoms with Crippen LogP contribution >= 0.6 is 0 Å². The Hall–Kier alpha value is -2.64. The predicted molar refractivity (Wildman–Crippen MR) is 76.8 cm³/mol. The molecular formula is C14H17N5O3. The summed E-state index contributed by atoms with van der Waals surface area (Å²) in [6.07, 6.45) is 0.571. The number of tetrazole rings is 1. The molecule has 0 bridgehead atoms. The lowest BCUT2D eigenvalue weighted by Gasteiger charge is -2.08. The standard InChI is InChI=1S/C14H17N5O3/c1-9(2)19-13(16-17-18-19)5-6-15-14(20)10-3-4-11-12(7-10)22-8-21-11/h3-4,7,9H,5-6,8H2,1-2H3,(H,15,20). The molecule has 2 aromatic rings. The molecule has 116 valence electrons. The van der Waals surface area contributed by atoms with Crippen LogP contribution in [0.1, 0.15) is 36.1 Å². The maximum absolute atomic E-state index is 12.1. The number of carbonyl (C=O) groups is 1. The Balaban J connectivity index is 1.57. The smallest absolute Gasteiger partial charge is 0.251 e. The van der Waals surface area contributed by atoms with Gasteiger partial charge in [0.25, 0.3) is 5.91 Å². The molecule has 3 rings (SSSR count). The molecule has 1 N–H and O–H groups in total. The van der Waals surface area contributed by atoms with E-state index in [1.807, 2.05) is 13.8 Å². The highest BCUT2D eigenvalue weighted by Crippen LogP contribution is 2.32. The molecule has 1 aliphatic rings. The largest absolute Gasteiger partial charge is 0.454 e. The second-order valence-electron chi connectivity index (χ2n) is 5.21. The van der Waals surface area contributed by atoms with Crippen LogP contribution in [-0.2, 0) is 6.42 Å². The lowest BCUT2D eigenvalue weighted by Crippen LogP contribution is -2.26. The third kappa shape index (κ3) is 2.85. The summed E-state index contributed by atoms with van der Waals surface area (Å²) in [6, 6.07) is 5.31. The number of nitrogens with zero attached hydrogens (tertiary/aromatic N) is 4. The summed E-state index contributed by atoms with van der Waals surface area (Å²) in [5.74, 6) is 1.84. The summed E-state index contributed by atoms with van der Waals surface area (Å²) in [5, 5.41) is 14.4. The topological polar surface area (TPSA) is 91.2 Å². The fraction of sp³-hybridized carbons (Fsp3) is 0.429. The zero-order valence-corrected chi connectivity index (χ0v) is 12.4. The van der Waals surface area contributed by atoms with Crippen LogP contribution in [0.15, 0.2) is 18.2 Å².